The number of anilines is 1. The molecule has 7 heterocycles. The lowest BCUT2D eigenvalue weighted by molar-refractivity contribution is 0.0928. The molecule has 10 nitrogen and oxygen atoms in total. The van der Waals surface area contributed by atoms with Crippen molar-refractivity contribution < 1.29 is 9.59 Å². The third-order valence-electron chi connectivity index (χ3n) is 11.9. The van der Waals surface area contributed by atoms with E-state index in [-0.39, 0.29) is 22.6 Å². The second-order valence-corrected chi connectivity index (χ2v) is 15.5. The predicted octanol–water partition coefficient (Wildman–Crippen LogP) is 5.68. The molecule has 6 aliphatic rings. The highest BCUT2D eigenvalue weighted by Crippen LogP contribution is 2.54. The lowest BCUT2D eigenvalue weighted by Gasteiger charge is -2.23. The number of H-pyrrole nitrogens is 2. The Morgan fingerprint density at radius 1 is 0.700 bits per heavy atom. The van der Waals surface area contributed by atoms with Crippen LogP contribution in [0.2, 0.25) is 5.15 Å². The topological polar surface area (TPSA) is 132 Å². The van der Waals surface area contributed by atoms with E-state index in [1.54, 1.807) is 0 Å². The van der Waals surface area contributed by atoms with Gasteiger partial charge >= 0.3 is 0 Å². The third kappa shape index (κ3) is 4.43. The Morgan fingerprint density at radius 3 is 1.78 bits per heavy atom. The van der Waals surface area contributed by atoms with Crippen molar-refractivity contribution in [2.75, 3.05) is 32.1 Å². The van der Waals surface area contributed by atoms with Crippen molar-refractivity contribution in [1.82, 2.24) is 35.6 Å². The molecule has 0 aromatic carbocycles. The minimum absolute atomic E-state index is 0.0728. The van der Waals surface area contributed by atoms with Gasteiger partial charge in [-0.15, -0.1) is 0 Å². The molecule has 11 heteroatoms. The molecule has 2 spiro atoms. The molecule has 0 atom stereocenters. The Labute approximate surface area is 294 Å². The van der Waals surface area contributed by atoms with Crippen LogP contribution < -0.4 is 15.5 Å². The van der Waals surface area contributed by atoms with Crippen LogP contribution in [0.3, 0.4) is 0 Å². The highest BCUT2D eigenvalue weighted by Gasteiger charge is 2.53. The summed E-state index contributed by atoms with van der Waals surface area (Å²) in [6, 6.07) is 8.14. The van der Waals surface area contributed by atoms with Crippen molar-refractivity contribution in [3.63, 3.8) is 0 Å². The van der Waals surface area contributed by atoms with Gasteiger partial charge in [0.05, 0.1) is 28.2 Å². The predicted molar refractivity (Wildman–Crippen MR) is 192 cm³/mol. The van der Waals surface area contributed by atoms with Crippen molar-refractivity contribution in [3.8, 4) is 33.8 Å². The zero-order chi connectivity index (χ0) is 33.9. The second-order valence-electron chi connectivity index (χ2n) is 15.1. The number of nitrogens with one attached hydrogen (secondary N) is 4. The number of hydrogen-bond acceptors (Lipinski definition) is 6. The second kappa shape index (κ2) is 10.5. The number of hydrogen-bond donors (Lipinski definition) is 4. The number of aromatic nitrogens is 5. The van der Waals surface area contributed by atoms with Crippen LogP contribution in [0.1, 0.15) is 80.0 Å². The summed E-state index contributed by atoms with van der Waals surface area (Å²) in [5.41, 5.74) is 15.6. The van der Waals surface area contributed by atoms with E-state index in [1.807, 2.05) is 49.7 Å². The van der Waals surface area contributed by atoms with Gasteiger partial charge in [0.2, 0.25) is 0 Å². The van der Waals surface area contributed by atoms with E-state index >= 15 is 0 Å². The van der Waals surface area contributed by atoms with Gasteiger partial charge in [-0.25, -0.2) is 9.97 Å². The maximum atomic E-state index is 12.7. The molecule has 2 aliphatic heterocycles. The van der Waals surface area contributed by atoms with Crippen molar-refractivity contribution in [1.29, 1.82) is 0 Å². The van der Waals surface area contributed by atoms with Crippen LogP contribution in [-0.4, -0.2) is 63.9 Å². The van der Waals surface area contributed by atoms with E-state index in [0.29, 0.717) is 5.15 Å². The number of halogens is 1. The first-order valence-electron chi connectivity index (χ1n) is 17.6. The quantitative estimate of drug-likeness (QED) is 0.177. The van der Waals surface area contributed by atoms with Crippen LogP contribution in [0, 0.1) is 0 Å². The third-order valence-corrected chi connectivity index (χ3v) is 12.1. The molecule has 4 aliphatic carbocycles. The summed E-state index contributed by atoms with van der Waals surface area (Å²) in [6.45, 7) is 1.53. The number of aromatic amines is 2. The lowest BCUT2D eigenvalue weighted by atomic mass is 9.86. The lowest BCUT2D eigenvalue weighted by Crippen LogP contribution is -2.39. The molecule has 5 aromatic heterocycles. The Bertz CT molecular complexity index is 2280. The minimum atomic E-state index is 0.0728. The fourth-order valence-electron chi connectivity index (χ4n) is 8.63. The van der Waals surface area contributed by atoms with Crippen molar-refractivity contribution >= 4 is 29.2 Å². The molecule has 252 valence electrons. The Morgan fingerprint density at radius 2 is 1.26 bits per heavy atom. The zero-order valence-electron chi connectivity index (χ0n) is 28.1. The van der Waals surface area contributed by atoms with Crippen molar-refractivity contribution in [2.45, 2.75) is 62.2 Å². The van der Waals surface area contributed by atoms with E-state index < -0.39 is 0 Å². The number of pyridine rings is 3. The van der Waals surface area contributed by atoms with E-state index in [9.17, 15) is 9.59 Å². The summed E-state index contributed by atoms with van der Waals surface area (Å²) >= 11 is 6.06. The maximum Gasteiger partial charge on any atom is 0.253 e. The maximum absolute atomic E-state index is 12.7. The van der Waals surface area contributed by atoms with Crippen LogP contribution >= 0.6 is 11.6 Å². The van der Waals surface area contributed by atoms with Gasteiger partial charge in [0.1, 0.15) is 11.0 Å². The van der Waals surface area contributed by atoms with Gasteiger partial charge in [0.25, 0.3) is 11.8 Å². The number of aryl methyl sites for hydroxylation is 2. The average Bonchev–Trinajstić information content (AvgIpc) is 4.01. The number of fused-ring (bicyclic) bond motifs is 12. The van der Waals surface area contributed by atoms with Crippen LogP contribution in [0.25, 0.3) is 33.8 Å². The number of carbonyl (C=O) groups excluding carboxylic acids is 2. The van der Waals surface area contributed by atoms with Gasteiger partial charge in [-0.2, -0.15) is 0 Å². The van der Waals surface area contributed by atoms with E-state index in [4.69, 9.17) is 16.6 Å². The molecule has 0 radical (unpaired) electrons. The van der Waals surface area contributed by atoms with Gasteiger partial charge in [0, 0.05) is 84.7 Å². The molecule has 0 unspecified atom stereocenters. The molecule has 2 saturated carbocycles. The average molecular weight is 685 g/mol. The SMILES string of the molecule is CN(C)c1ccc(-c2cc3c(cn2)CCc2c-3[nH]c3c2C(=O)NCC32CC2)cn1.O=C1NCC2(CC2)c2[nH]c3c(c21)CCc1cnc(Cl)cc1-3. The fourth-order valence-corrected chi connectivity index (χ4v) is 8.78. The molecule has 50 heavy (non-hydrogen) atoms. The van der Waals surface area contributed by atoms with E-state index in [0.717, 1.165) is 127 Å². The fraction of sp³-hybridized carbons (Fsp3) is 0.359. The van der Waals surface area contributed by atoms with Crippen LogP contribution in [0.4, 0.5) is 5.82 Å². The van der Waals surface area contributed by atoms with Gasteiger partial charge in [-0.05, 0) is 97.9 Å². The van der Waals surface area contributed by atoms with Crippen LogP contribution in [0.5, 0.6) is 0 Å². The van der Waals surface area contributed by atoms with Gasteiger partial charge in [0.15, 0.2) is 0 Å². The molecule has 2 amide bonds. The van der Waals surface area contributed by atoms with Gasteiger partial charge in [-0.3, -0.25) is 14.6 Å². The molecule has 0 bridgehead atoms. The van der Waals surface area contributed by atoms with Gasteiger partial charge < -0.3 is 25.5 Å². The van der Waals surface area contributed by atoms with Crippen molar-refractivity contribution in [2.24, 2.45) is 0 Å². The molecule has 5 aromatic rings. The summed E-state index contributed by atoms with van der Waals surface area (Å²) < 4.78 is 0. The first kappa shape index (κ1) is 29.9. The van der Waals surface area contributed by atoms with E-state index in [2.05, 4.69) is 42.7 Å². The standard InChI is InChI=1S/C23H23N5O.C16H14ClN3O/c1-28(2)18-6-4-14(11-25-18)17-9-16-13(10-24-17)3-5-15-19-21(27-20(15)16)23(7-8-23)12-26-22(19)29;17-11-5-10-8(6-18-11)1-2-9-12-14(20-13(9)10)16(3-4-16)7-19-15(12)21/h4,6,9-11,27H,3,5,7-8,12H2,1-2H3,(H,26,29);5-6,20H,1-4,7H2,(H,19,21). The molecule has 2 fully saturated rings. The summed E-state index contributed by atoms with van der Waals surface area (Å²) in [5, 5.41) is 6.68. The Hall–Kier alpha value is -4.96. The van der Waals surface area contributed by atoms with Crippen molar-refractivity contribution in [3.05, 3.63) is 92.8 Å². The summed E-state index contributed by atoms with van der Waals surface area (Å²) in [6.07, 6.45) is 13.9. The smallest absolute Gasteiger partial charge is 0.253 e. The molecule has 11 rings (SSSR count). The van der Waals surface area contributed by atoms with Crippen LogP contribution in [-0.2, 0) is 36.5 Å². The van der Waals surface area contributed by atoms with Gasteiger partial charge in [-0.1, -0.05) is 11.6 Å². The number of carbonyl (C=O) groups is 2. The summed E-state index contributed by atoms with van der Waals surface area (Å²) in [5.74, 6) is 1.08. The van der Waals surface area contributed by atoms with Crippen LogP contribution in [0.15, 0.2) is 42.9 Å². The first-order chi connectivity index (χ1) is 24.2. The normalized spacial score (nSPS) is 19.0. The molecular weight excluding hydrogens is 648 g/mol. The summed E-state index contributed by atoms with van der Waals surface area (Å²) in [7, 11) is 3.97. The zero-order valence-corrected chi connectivity index (χ0v) is 28.9. The highest BCUT2D eigenvalue weighted by atomic mass is 35.5. The Kier molecular flexibility index (Phi) is 6.30. The number of rotatable bonds is 2. The molecular formula is C39H37ClN8O2. The van der Waals surface area contributed by atoms with E-state index in [1.165, 1.54) is 22.3 Å². The molecule has 4 N–H and O–H groups in total. The first-order valence-corrected chi connectivity index (χ1v) is 18.0. The monoisotopic (exact) mass is 684 g/mol. The largest absolute Gasteiger partial charge is 0.363 e. The summed E-state index contributed by atoms with van der Waals surface area (Å²) in [4.78, 5) is 47.7. The molecule has 0 saturated heterocycles. The highest BCUT2D eigenvalue weighted by molar-refractivity contribution is 6.29. The number of amides is 2. The Balaban J connectivity index is 0.000000133. The minimum Gasteiger partial charge on any atom is -0.363 e. The number of nitrogens with zero attached hydrogens (tertiary/aromatic N) is 4.